The standard InChI is InChI=1S/C23H23FN2O4S/c1-16-6-12-21(13-7-16)30-15-17(2)25-23(27)18-4-3-5-22(14-18)31(28,29)26-20-10-8-19(24)9-11-20/h3-14,17,26H,15H2,1-2H3,(H,25,27)/t17-/m0/s1. The summed E-state index contributed by atoms with van der Waals surface area (Å²) in [7, 11) is -3.94. The minimum absolute atomic E-state index is 0.0759. The molecule has 2 N–H and O–H groups in total. The van der Waals surface area contributed by atoms with Crippen molar-refractivity contribution in [1.82, 2.24) is 5.32 Å². The quantitative estimate of drug-likeness (QED) is 0.549. The summed E-state index contributed by atoms with van der Waals surface area (Å²) in [6.07, 6.45) is 0. The number of carbonyl (C=O) groups is 1. The molecule has 0 bridgehead atoms. The van der Waals surface area contributed by atoms with Gasteiger partial charge in [-0.3, -0.25) is 9.52 Å². The molecule has 3 aromatic carbocycles. The van der Waals surface area contributed by atoms with Gasteiger partial charge in [-0.15, -0.1) is 0 Å². The van der Waals surface area contributed by atoms with E-state index in [2.05, 4.69) is 10.0 Å². The number of hydrogen-bond donors (Lipinski definition) is 2. The van der Waals surface area contributed by atoms with Crippen LogP contribution in [-0.4, -0.2) is 27.0 Å². The number of benzene rings is 3. The van der Waals surface area contributed by atoms with Gasteiger partial charge in [0.25, 0.3) is 15.9 Å². The molecule has 31 heavy (non-hydrogen) atoms. The van der Waals surface area contributed by atoms with Crippen LogP contribution >= 0.6 is 0 Å². The van der Waals surface area contributed by atoms with Crippen LogP contribution in [-0.2, 0) is 10.0 Å². The Labute approximate surface area is 181 Å². The fourth-order valence-electron chi connectivity index (χ4n) is 2.74. The maximum Gasteiger partial charge on any atom is 0.261 e. The molecule has 0 saturated carbocycles. The smallest absolute Gasteiger partial charge is 0.261 e. The van der Waals surface area contributed by atoms with E-state index in [4.69, 9.17) is 4.74 Å². The number of aryl methyl sites for hydroxylation is 1. The molecule has 0 unspecified atom stereocenters. The van der Waals surface area contributed by atoms with Gasteiger partial charge in [0, 0.05) is 11.3 Å². The summed E-state index contributed by atoms with van der Waals surface area (Å²) in [4.78, 5) is 12.5. The SMILES string of the molecule is Cc1ccc(OC[C@H](C)NC(=O)c2cccc(S(=O)(=O)Nc3ccc(F)cc3)c2)cc1. The number of halogens is 1. The van der Waals surface area contributed by atoms with Gasteiger partial charge in [0.1, 0.15) is 18.2 Å². The maximum absolute atomic E-state index is 13.0. The summed E-state index contributed by atoms with van der Waals surface area (Å²) < 4.78 is 46.3. The van der Waals surface area contributed by atoms with Crippen molar-refractivity contribution in [2.75, 3.05) is 11.3 Å². The first kappa shape index (κ1) is 22.3. The number of carbonyl (C=O) groups excluding carboxylic acids is 1. The zero-order chi connectivity index (χ0) is 22.4. The van der Waals surface area contributed by atoms with Crippen LogP contribution in [0.4, 0.5) is 10.1 Å². The van der Waals surface area contributed by atoms with E-state index in [1.165, 1.54) is 36.4 Å². The van der Waals surface area contributed by atoms with Gasteiger partial charge in [-0.1, -0.05) is 23.8 Å². The predicted molar refractivity (Wildman–Crippen MR) is 117 cm³/mol. The predicted octanol–water partition coefficient (Wildman–Crippen LogP) is 4.13. The van der Waals surface area contributed by atoms with Gasteiger partial charge < -0.3 is 10.1 Å². The van der Waals surface area contributed by atoms with E-state index in [9.17, 15) is 17.6 Å². The highest BCUT2D eigenvalue weighted by Gasteiger charge is 2.17. The minimum atomic E-state index is -3.94. The third-order valence-corrected chi connectivity index (χ3v) is 5.78. The molecule has 0 radical (unpaired) electrons. The van der Waals surface area contributed by atoms with Crippen LogP contribution in [0.5, 0.6) is 5.75 Å². The van der Waals surface area contributed by atoms with Crippen LogP contribution in [0.25, 0.3) is 0 Å². The molecule has 0 fully saturated rings. The molecule has 6 nitrogen and oxygen atoms in total. The van der Waals surface area contributed by atoms with Crippen molar-refractivity contribution < 1.29 is 22.3 Å². The third kappa shape index (κ3) is 6.29. The average molecular weight is 443 g/mol. The minimum Gasteiger partial charge on any atom is -0.491 e. The Bertz CT molecular complexity index is 1150. The number of rotatable bonds is 8. The number of hydrogen-bond acceptors (Lipinski definition) is 4. The second kappa shape index (κ2) is 9.61. The van der Waals surface area contributed by atoms with Gasteiger partial charge in [0.05, 0.1) is 10.9 Å². The number of nitrogens with one attached hydrogen (secondary N) is 2. The van der Waals surface area contributed by atoms with Crippen LogP contribution in [0, 0.1) is 12.7 Å². The summed E-state index contributed by atoms with van der Waals surface area (Å²) in [6, 6.07) is 17.9. The Morgan fingerprint density at radius 3 is 2.39 bits per heavy atom. The molecular weight excluding hydrogens is 419 g/mol. The van der Waals surface area contributed by atoms with Crippen LogP contribution in [0.1, 0.15) is 22.8 Å². The Kier molecular flexibility index (Phi) is 6.91. The van der Waals surface area contributed by atoms with Gasteiger partial charge in [-0.2, -0.15) is 0 Å². The fourth-order valence-corrected chi connectivity index (χ4v) is 3.85. The molecular formula is C23H23FN2O4S. The molecule has 0 heterocycles. The molecule has 1 atom stereocenters. The Morgan fingerprint density at radius 1 is 1.03 bits per heavy atom. The molecule has 0 saturated heterocycles. The lowest BCUT2D eigenvalue weighted by molar-refractivity contribution is 0.0926. The van der Waals surface area contributed by atoms with E-state index in [0.717, 1.165) is 17.7 Å². The van der Waals surface area contributed by atoms with E-state index in [-0.39, 0.29) is 28.8 Å². The average Bonchev–Trinajstić information content (AvgIpc) is 2.75. The molecule has 0 aliphatic heterocycles. The largest absolute Gasteiger partial charge is 0.491 e. The van der Waals surface area contributed by atoms with Gasteiger partial charge in [-0.05, 0) is 68.4 Å². The van der Waals surface area contributed by atoms with E-state index in [0.29, 0.717) is 5.75 Å². The molecule has 0 spiro atoms. The van der Waals surface area contributed by atoms with Crippen molar-refractivity contribution in [3.8, 4) is 5.75 Å². The normalized spacial score (nSPS) is 12.1. The third-order valence-electron chi connectivity index (χ3n) is 4.40. The summed E-state index contributed by atoms with van der Waals surface area (Å²) in [5, 5.41) is 2.79. The molecule has 162 valence electrons. The van der Waals surface area contributed by atoms with Crippen LogP contribution in [0.3, 0.4) is 0 Å². The van der Waals surface area contributed by atoms with Gasteiger partial charge >= 0.3 is 0 Å². The monoisotopic (exact) mass is 442 g/mol. The van der Waals surface area contributed by atoms with E-state index >= 15 is 0 Å². The van der Waals surface area contributed by atoms with Crippen molar-refractivity contribution >= 4 is 21.6 Å². The Hall–Kier alpha value is -3.39. The second-order valence-corrected chi connectivity index (χ2v) is 8.82. The van der Waals surface area contributed by atoms with Crippen molar-refractivity contribution in [1.29, 1.82) is 0 Å². The van der Waals surface area contributed by atoms with Crippen molar-refractivity contribution in [2.24, 2.45) is 0 Å². The molecule has 8 heteroatoms. The summed E-state index contributed by atoms with van der Waals surface area (Å²) >= 11 is 0. The number of amides is 1. The van der Waals surface area contributed by atoms with Crippen molar-refractivity contribution in [2.45, 2.75) is 24.8 Å². The van der Waals surface area contributed by atoms with Crippen LogP contribution < -0.4 is 14.8 Å². The zero-order valence-electron chi connectivity index (χ0n) is 17.1. The summed E-state index contributed by atoms with van der Waals surface area (Å²) in [5.74, 6) is -0.187. The number of ether oxygens (including phenoxy) is 1. The summed E-state index contributed by atoms with van der Waals surface area (Å²) in [6.45, 7) is 4.04. The first-order valence-electron chi connectivity index (χ1n) is 9.62. The summed E-state index contributed by atoms with van der Waals surface area (Å²) in [5.41, 5.74) is 1.54. The zero-order valence-corrected chi connectivity index (χ0v) is 17.9. The van der Waals surface area contributed by atoms with Crippen LogP contribution in [0.15, 0.2) is 77.7 Å². The van der Waals surface area contributed by atoms with Crippen molar-refractivity contribution in [3.05, 3.63) is 89.7 Å². The van der Waals surface area contributed by atoms with E-state index in [1.807, 2.05) is 31.2 Å². The van der Waals surface area contributed by atoms with Gasteiger partial charge in [0.2, 0.25) is 0 Å². The van der Waals surface area contributed by atoms with Crippen LogP contribution in [0.2, 0.25) is 0 Å². The highest BCUT2D eigenvalue weighted by atomic mass is 32.2. The molecule has 1 amide bonds. The highest BCUT2D eigenvalue weighted by molar-refractivity contribution is 7.92. The second-order valence-electron chi connectivity index (χ2n) is 7.14. The topological polar surface area (TPSA) is 84.5 Å². The molecule has 3 rings (SSSR count). The lowest BCUT2D eigenvalue weighted by atomic mass is 10.2. The van der Waals surface area contributed by atoms with Gasteiger partial charge in [0.15, 0.2) is 0 Å². The van der Waals surface area contributed by atoms with E-state index < -0.39 is 21.7 Å². The highest BCUT2D eigenvalue weighted by Crippen LogP contribution is 2.18. The lowest BCUT2D eigenvalue weighted by Gasteiger charge is -2.16. The molecule has 0 aliphatic rings. The Balaban J connectivity index is 1.63. The fraction of sp³-hybridized carbons (Fsp3) is 0.174. The van der Waals surface area contributed by atoms with Crippen molar-refractivity contribution in [3.63, 3.8) is 0 Å². The molecule has 3 aromatic rings. The first-order valence-corrected chi connectivity index (χ1v) is 11.1. The lowest BCUT2D eigenvalue weighted by Crippen LogP contribution is -2.36. The first-order chi connectivity index (χ1) is 14.7. The maximum atomic E-state index is 13.0. The Morgan fingerprint density at radius 2 is 1.71 bits per heavy atom. The molecule has 0 aliphatic carbocycles. The molecule has 0 aromatic heterocycles. The van der Waals surface area contributed by atoms with E-state index in [1.54, 1.807) is 6.92 Å². The number of anilines is 1. The number of sulfonamides is 1. The van der Waals surface area contributed by atoms with Gasteiger partial charge in [-0.25, -0.2) is 12.8 Å².